The summed E-state index contributed by atoms with van der Waals surface area (Å²) in [5, 5.41) is 8.71. The fourth-order valence-corrected chi connectivity index (χ4v) is 0.952. The minimum atomic E-state index is 0.661. The Hall–Kier alpha value is -1.46. The molecule has 12 heavy (non-hydrogen) atoms. The summed E-state index contributed by atoms with van der Waals surface area (Å²) in [5.41, 5.74) is 0.901. The van der Waals surface area contributed by atoms with Gasteiger partial charge in [0, 0.05) is 5.02 Å². The molecule has 1 rings (SSSR count). The molecule has 0 saturated heterocycles. The van der Waals surface area contributed by atoms with E-state index in [9.17, 15) is 0 Å². The summed E-state index contributed by atoms with van der Waals surface area (Å²) in [4.78, 5) is 0. The van der Waals surface area contributed by atoms with Crippen molar-refractivity contribution in [3.05, 3.63) is 41.1 Å². The van der Waals surface area contributed by atoms with E-state index in [0.29, 0.717) is 5.02 Å². The fourth-order valence-electron chi connectivity index (χ4n) is 0.753. The van der Waals surface area contributed by atoms with E-state index in [0.717, 1.165) is 5.56 Å². The van der Waals surface area contributed by atoms with E-state index in [1.807, 2.05) is 12.1 Å². The van der Waals surface area contributed by atoms with Gasteiger partial charge in [0.05, 0.1) is 0 Å². The highest BCUT2D eigenvalue weighted by molar-refractivity contribution is 6.30. The number of benzene rings is 1. The SMILES string of the molecule is N#CO/C=C/c1cccc(Cl)c1. The largest absolute Gasteiger partial charge is 0.396 e. The van der Waals surface area contributed by atoms with Gasteiger partial charge in [0.25, 0.3) is 6.26 Å². The smallest absolute Gasteiger partial charge is 0.291 e. The highest BCUT2D eigenvalue weighted by Crippen LogP contribution is 2.11. The van der Waals surface area contributed by atoms with Crippen LogP contribution in [0.15, 0.2) is 30.5 Å². The molecule has 0 saturated carbocycles. The van der Waals surface area contributed by atoms with Crippen molar-refractivity contribution < 1.29 is 4.74 Å². The first-order valence-electron chi connectivity index (χ1n) is 3.30. The molecule has 60 valence electrons. The summed E-state index contributed by atoms with van der Waals surface area (Å²) in [6.45, 7) is 0. The van der Waals surface area contributed by atoms with E-state index < -0.39 is 0 Å². The molecule has 0 aliphatic rings. The molecule has 0 heterocycles. The molecule has 0 spiro atoms. The van der Waals surface area contributed by atoms with Crippen LogP contribution in [0.5, 0.6) is 0 Å². The Balaban J connectivity index is 2.71. The lowest BCUT2D eigenvalue weighted by molar-refractivity contribution is 0.432. The zero-order valence-electron chi connectivity index (χ0n) is 6.20. The zero-order chi connectivity index (χ0) is 8.81. The van der Waals surface area contributed by atoms with E-state index in [4.69, 9.17) is 16.9 Å². The van der Waals surface area contributed by atoms with E-state index in [1.54, 1.807) is 18.2 Å². The summed E-state index contributed by atoms with van der Waals surface area (Å²) >= 11 is 5.72. The Bertz CT molecular complexity index is 328. The molecule has 0 bridgehead atoms. The number of nitriles is 1. The lowest BCUT2D eigenvalue weighted by Gasteiger charge is -1.92. The van der Waals surface area contributed by atoms with Crippen molar-refractivity contribution in [2.24, 2.45) is 0 Å². The maximum atomic E-state index is 8.05. The normalized spacial score (nSPS) is 9.67. The maximum Gasteiger partial charge on any atom is 0.291 e. The highest BCUT2D eigenvalue weighted by atomic mass is 35.5. The molecule has 1 aromatic carbocycles. The lowest BCUT2D eigenvalue weighted by atomic mass is 10.2. The minimum Gasteiger partial charge on any atom is -0.396 e. The van der Waals surface area contributed by atoms with Crippen molar-refractivity contribution in [1.82, 2.24) is 0 Å². The maximum absolute atomic E-state index is 8.05. The first-order chi connectivity index (χ1) is 5.83. The third-order valence-electron chi connectivity index (χ3n) is 1.23. The molecule has 0 fully saturated rings. The van der Waals surface area contributed by atoms with E-state index >= 15 is 0 Å². The summed E-state index contributed by atoms with van der Waals surface area (Å²) in [5.74, 6) is 0. The summed E-state index contributed by atoms with van der Waals surface area (Å²) in [6, 6.07) is 7.25. The third kappa shape index (κ3) is 2.65. The van der Waals surface area contributed by atoms with Gasteiger partial charge in [-0.3, -0.25) is 0 Å². The number of hydrogen-bond donors (Lipinski definition) is 0. The van der Waals surface area contributed by atoms with Crippen LogP contribution < -0.4 is 0 Å². The summed E-state index contributed by atoms with van der Waals surface area (Å²) < 4.78 is 4.36. The van der Waals surface area contributed by atoms with Crippen LogP contribution in [0, 0.1) is 11.5 Å². The van der Waals surface area contributed by atoms with Crippen molar-refractivity contribution >= 4 is 17.7 Å². The number of nitrogens with zero attached hydrogens (tertiary/aromatic N) is 1. The Labute approximate surface area is 75.6 Å². The first-order valence-corrected chi connectivity index (χ1v) is 3.67. The summed E-state index contributed by atoms with van der Waals surface area (Å²) in [6.07, 6.45) is 4.51. The monoisotopic (exact) mass is 179 g/mol. The average Bonchev–Trinajstić information content (AvgIpc) is 2.05. The van der Waals surface area contributed by atoms with Crippen LogP contribution in [0.25, 0.3) is 6.08 Å². The van der Waals surface area contributed by atoms with Crippen molar-refractivity contribution in [2.45, 2.75) is 0 Å². The average molecular weight is 180 g/mol. The number of halogens is 1. The van der Waals surface area contributed by atoms with Crippen molar-refractivity contribution in [3.8, 4) is 6.26 Å². The van der Waals surface area contributed by atoms with Crippen LogP contribution in [0.4, 0.5) is 0 Å². The summed E-state index contributed by atoms with van der Waals surface area (Å²) in [7, 11) is 0. The Morgan fingerprint density at radius 1 is 1.50 bits per heavy atom. The van der Waals surface area contributed by atoms with Gasteiger partial charge in [-0.15, -0.1) is 5.26 Å². The molecule has 0 aliphatic carbocycles. The van der Waals surface area contributed by atoms with Gasteiger partial charge in [-0.25, -0.2) is 0 Å². The highest BCUT2D eigenvalue weighted by Gasteiger charge is 1.87. The molecule has 0 N–H and O–H groups in total. The van der Waals surface area contributed by atoms with Crippen LogP contribution in [0.1, 0.15) is 5.56 Å². The van der Waals surface area contributed by atoms with Gasteiger partial charge in [-0.1, -0.05) is 23.7 Å². The second-order valence-corrected chi connectivity index (χ2v) is 2.50. The second kappa shape index (κ2) is 4.42. The van der Waals surface area contributed by atoms with Crippen LogP contribution in [0.2, 0.25) is 5.02 Å². The van der Waals surface area contributed by atoms with Crippen LogP contribution in [0.3, 0.4) is 0 Å². The van der Waals surface area contributed by atoms with E-state index in [-0.39, 0.29) is 0 Å². The standard InChI is InChI=1S/C9H6ClNO/c10-9-3-1-2-8(6-9)4-5-12-7-11/h1-6H/b5-4+. The molecule has 0 atom stereocenters. The number of ether oxygens (including phenoxy) is 1. The van der Waals surface area contributed by atoms with Crippen LogP contribution in [-0.4, -0.2) is 0 Å². The molecule has 0 aliphatic heterocycles. The topological polar surface area (TPSA) is 33.0 Å². The molecule has 0 unspecified atom stereocenters. The first kappa shape index (κ1) is 8.63. The van der Waals surface area contributed by atoms with Gasteiger partial charge < -0.3 is 4.74 Å². The lowest BCUT2D eigenvalue weighted by Crippen LogP contribution is -1.71. The van der Waals surface area contributed by atoms with Gasteiger partial charge in [0.15, 0.2) is 0 Å². The van der Waals surface area contributed by atoms with Gasteiger partial charge in [-0.2, -0.15) is 0 Å². The predicted octanol–water partition coefficient (Wildman–Crippen LogP) is 2.81. The molecule has 0 aromatic heterocycles. The van der Waals surface area contributed by atoms with E-state index in [2.05, 4.69) is 4.74 Å². The van der Waals surface area contributed by atoms with Crippen molar-refractivity contribution in [1.29, 1.82) is 5.26 Å². The Kier molecular flexibility index (Phi) is 3.18. The van der Waals surface area contributed by atoms with Gasteiger partial charge >= 0.3 is 0 Å². The number of rotatable bonds is 2. The Morgan fingerprint density at radius 2 is 2.33 bits per heavy atom. The van der Waals surface area contributed by atoms with E-state index in [1.165, 1.54) is 12.5 Å². The predicted molar refractivity (Wildman–Crippen MR) is 47.2 cm³/mol. The molecular weight excluding hydrogens is 174 g/mol. The molecule has 2 nitrogen and oxygen atoms in total. The molecular formula is C9H6ClNO. The second-order valence-electron chi connectivity index (χ2n) is 2.07. The minimum absolute atomic E-state index is 0.661. The third-order valence-corrected chi connectivity index (χ3v) is 1.47. The molecule has 1 aromatic rings. The molecule has 3 heteroatoms. The molecule has 0 amide bonds. The van der Waals surface area contributed by atoms with Crippen LogP contribution >= 0.6 is 11.6 Å². The zero-order valence-corrected chi connectivity index (χ0v) is 6.95. The van der Waals surface area contributed by atoms with Gasteiger partial charge in [0.2, 0.25) is 0 Å². The van der Waals surface area contributed by atoms with Gasteiger partial charge in [0.1, 0.15) is 6.26 Å². The molecule has 0 radical (unpaired) electrons. The van der Waals surface area contributed by atoms with Crippen molar-refractivity contribution in [3.63, 3.8) is 0 Å². The fraction of sp³-hybridized carbons (Fsp3) is 0. The Morgan fingerprint density at radius 3 is 3.00 bits per heavy atom. The van der Waals surface area contributed by atoms with Gasteiger partial charge in [-0.05, 0) is 23.8 Å². The number of hydrogen-bond acceptors (Lipinski definition) is 2. The van der Waals surface area contributed by atoms with Crippen LogP contribution in [-0.2, 0) is 4.74 Å². The quantitative estimate of drug-likeness (QED) is 0.517. The van der Waals surface area contributed by atoms with Crippen molar-refractivity contribution in [2.75, 3.05) is 0 Å².